The van der Waals surface area contributed by atoms with Crippen LogP contribution in [-0.4, -0.2) is 29.3 Å². The average Bonchev–Trinajstić information content (AvgIpc) is 2.99. The number of nitrogens with zero attached hydrogens (tertiary/aromatic N) is 1. The molecule has 2 aromatic carbocycles. The highest BCUT2D eigenvalue weighted by molar-refractivity contribution is 6.10. The second-order valence-electron chi connectivity index (χ2n) is 7.43. The molecule has 2 atom stereocenters. The van der Waals surface area contributed by atoms with Gasteiger partial charge in [0.25, 0.3) is 5.91 Å². The van der Waals surface area contributed by atoms with Crippen molar-refractivity contribution in [2.24, 2.45) is 0 Å². The van der Waals surface area contributed by atoms with Gasteiger partial charge in [-0.1, -0.05) is 63.2 Å². The molecule has 1 aliphatic heterocycles. The number of carbonyl (C=O) groups excluding carboxylic acids is 3. The molecule has 6 nitrogen and oxygen atoms in total. The van der Waals surface area contributed by atoms with E-state index in [2.05, 4.69) is 24.5 Å². The highest BCUT2D eigenvalue weighted by Gasteiger charge is 2.51. The molecule has 152 valence electrons. The van der Waals surface area contributed by atoms with Gasteiger partial charge in [-0.15, -0.1) is 0 Å². The first-order chi connectivity index (χ1) is 13.9. The summed E-state index contributed by atoms with van der Waals surface area (Å²) >= 11 is 0. The van der Waals surface area contributed by atoms with Gasteiger partial charge in [0.15, 0.2) is 0 Å². The third-order valence-electron chi connectivity index (χ3n) is 5.65. The van der Waals surface area contributed by atoms with E-state index in [1.54, 1.807) is 0 Å². The Morgan fingerprint density at radius 1 is 1.07 bits per heavy atom. The first-order valence-electron chi connectivity index (χ1n) is 10.0. The lowest BCUT2D eigenvalue weighted by molar-refractivity contribution is -0.134. The van der Waals surface area contributed by atoms with Crippen LogP contribution in [0.4, 0.5) is 10.5 Å². The van der Waals surface area contributed by atoms with E-state index in [4.69, 9.17) is 0 Å². The normalized spacial score (nSPS) is 19.8. The number of anilines is 1. The van der Waals surface area contributed by atoms with Crippen LogP contribution in [0, 0.1) is 0 Å². The van der Waals surface area contributed by atoms with Crippen LogP contribution in [-0.2, 0) is 15.1 Å². The molecule has 4 amide bonds. The Hall–Kier alpha value is -3.15. The molecule has 0 aromatic heterocycles. The van der Waals surface area contributed by atoms with Crippen LogP contribution < -0.4 is 10.6 Å². The van der Waals surface area contributed by atoms with Crippen molar-refractivity contribution in [1.82, 2.24) is 10.2 Å². The van der Waals surface area contributed by atoms with Crippen molar-refractivity contribution in [2.75, 3.05) is 11.9 Å². The third kappa shape index (κ3) is 4.01. The zero-order chi connectivity index (χ0) is 21.0. The smallest absolute Gasteiger partial charge is 0.325 e. The SMILES string of the molecule is CC[C@@H](C)c1ccc(NC(=O)CN2C(=O)N[C@@](CC)(c3ccccc3)C2=O)cc1. The second-order valence-corrected chi connectivity index (χ2v) is 7.43. The lowest BCUT2D eigenvalue weighted by Crippen LogP contribution is -2.44. The van der Waals surface area contributed by atoms with Crippen LogP contribution in [0.5, 0.6) is 0 Å². The average molecular weight is 393 g/mol. The summed E-state index contributed by atoms with van der Waals surface area (Å²) in [6, 6.07) is 16.2. The van der Waals surface area contributed by atoms with Gasteiger partial charge >= 0.3 is 6.03 Å². The zero-order valence-electron chi connectivity index (χ0n) is 17.1. The van der Waals surface area contributed by atoms with Crippen molar-refractivity contribution in [2.45, 2.75) is 45.1 Å². The number of hydrogen-bond donors (Lipinski definition) is 2. The minimum absolute atomic E-state index is 0.327. The Balaban J connectivity index is 1.70. The molecule has 1 saturated heterocycles. The van der Waals surface area contributed by atoms with E-state index in [1.807, 2.05) is 61.5 Å². The standard InChI is InChI=1S/C23H27N3O3/c1-4-16(3)17-11-13-19(14-12-17)24-20(27)15-26-21(28)23(5-2,25-22(26)29)18-9-7-6-8-10-18/h6-14,16H,4-5,15H2,1-3H3,(H,24,27)(H,25,29)/t16-,23+/m1/s1. The molecule has 0 aliphatic carbocycles. The van der Waals surface area contributed by atoms with Crippen molar-refractivity contribution in [1.29, 1.82) is 0 Å². The maximum absolute atomic E-state index is 13.1. The van der Waals surface area contributed by atoms with Gasteiger partial charge in [0.1, 0.15) is 12.1 Å². The number of benzene rings is 2. The predicted molar refractivity (Wildman–Crippen MR) is 112 cm³/mol. The summed E-state index contributed by atoms with van der Waals surface area (Å²) in [4.78, 5) is 39.0. The molecular formula is C23H27N3O3. The van der Waals surface area contributed by atoms with Gasteiger partial charge < -0.3 is 10.6 Å². The fourth-order valence-corrected chi connectivity index (χ4v) is 3.61. The molecular weight excluding hydrogens is 366 g/mol. The lowest BCUT2D eigenvalue weighted by Gasteiger charge is -2.25. The molecule has 6 heteroatoms. The highest BCUT2D eigenvalue weighted by atomic mass is 16.2. The maximum Gasteiger partial charge on any atom is 0.325 e. The largest absolute Gasteiger partial charge is 0.325 e. The van der Waals surface area contributed by atoms with Crippen LogP contribution in [0.15, 0.2) is 54.6 Å². The Morgan fingerprint density at radius 2 is 1.72 bits per heavy atom. The summed E-state index contributed by atoms with van der Waals surface area (Å²) in [5.41, 5.74) is 1.43. The molecule has 1 fully saturated rings. The fraction of sp³-hybridized carbons (Fsp3) is 0.348. The van der Waals surface area contributed by atoms with Gasteiger partial charge in [0, 0.05) is 5.69 Å². The first kappa shape index (κ1) is 20.6. The number of urea groups is 1. The quantitative estimate of drug-likeness (QED) is 0.698. The Bertz CT molecular complexity index is 895. The number of amides is 4. The second kappa shape index (κ2) is 8.47. The van der Waals surface area contributed by atoms with E-state index >= 15 is 0 Å². The topological polar surface area (TPSA) is 78.5 Å². The maximum atomic E-state index is 13.1. The van der Waals surface area contributed by atoms with Gasteiger partial charge in [-0.2, -0.15) is 0 Å². The Morgan fingerprint density at radius 3 is 2.31 bits per heavy atom. The third-order valence-corrected chi connectivity index (χ3v) is 5.65. The summed E-state index contributed by atoms with van der Waals surface area (Å²) < 4.78 is 0. The van der Waals surface area contributed by atoms with Gasteiger partial charge in [-0.3, -0.25) is 14.5 Å². The number of rotatable bonds is 7. The predicted octanol–water partition coefficient (Wildman–Crippen LogP) is 4.00. The molecule has 2 N–H and O–H groups in total. The summed E-state index contributed by atoms with van der Waals surface area (Å²) in [6.45, 7) is 5.79. The van der Waals surface area contributed by atoms with Gasteiger partial charge in [-0.05, 0) is 42.0 Å². The summed E-state index contributed by atoms with van der Waals surface area (Å²) in [6.07, 6.45) is 1.44. The van der Waals surface area contributed by atoms with Gasteiger partial charge in [-0.25, -0.2) is 4.79 Å². The van der Waals surface area contributed by atoms with E-state index in [0.717, 1.165) is 11.3 Å². The van der Waals surface area contributed by atoms with Crippen LogP contribution in [0.2, 0.25) is 0 Å². The van der Waals surface area contributed by atoms with E-state index in [-0.39, 0.29) is 6.54 Å². The van der Waals surface area contributed by atoms with Crippen molar-refractivity contribution in [3.63, 3.8) is 0 Å². The molecule has 2 aromatic rings. The number of imide groups is 1. The molecule has 29 heavy (non-hydrogen) atoms. The van der Waals surface area contributed by atoms with E-state index < -0.39 is 23.4 Å². The lowest BCUT2D eigenvalue weighted by atomic mass is 9.87. The van der Waals surface area contributed by atoms with Gasteiger partial charge in [0.05, 0.1) is 0 Å². The van der Waals surface area contributed by atoms with Crippen molar-refractivity contribution >= 4 is 23.5 Å². The Labute approximate surface area is 171 Å². The molecule has 0 unspecified atom stereocenters. The summed E-state index contributed by atoms with van der Waals surface area (Å²) in [5.74, 6) is -0.367. The molecule has 0 radical (unpaired) electrons. The number of nitrogens with one attached hydrogen (secondary N) is 2. The zero-order valence-corrected chi connectivity index (χ0v) is 17.1. The van der Waals surface area contributed by atoms with Crippen molar-refractivity contribution in [3.8, 4) is 0 Å². The van der Waals surface area contributed by atoms with E-state index in [0.29, 0.717) is 23.6 Å². The summed E-state index contributed by atoms with van der Waals surface area (Å²) in [5, 5.41) is 5.55. The first-order valence-corrected chi connectivity index (χ1v) is 10.0. The minimum Gasteiger partial charge on any atom is -0.325 e. The molecule has 1 heterocycles. The molecule has 1 aliphatic rings. The van der Waals surface area contributed by atoms with Crippen molar-refractivity contribution < 1.29 is 14.4 Å². The number of carbonyl (C=O) groups is 3. The molecule has 0 spiro atoms. The molecule has 0 bridgehead atoms. The Kier molecular flexibility index (Phi) is 6.01. The highest BCUT2D eigenvalue weighted by Crippen LogP contribution is 2.32. The number of hydrogen-bond acceptors (Lipinski definition) is 3. The monoisotopic (exact) mass is 393 g/mol. The molecule has 3 rings (SSSR count). The van der Waals surface area contributed by atoms with E-state index in [9.17, 15) is 14.4 Å². The van der Waals surface area contributed by atoms with Crippen LogP contribution in [0.1, 0.15) is 50.7 Å². The van der Waals surface area contributed by atoms with E-state index in [1.165, 1.54) is 5.56 Å². The van der Waals surface area contributed by atoms with Gasteiger partial charge in [0.2, 0.25) is 5.91 Å². The van der Waals surface area contributed by atoms with Crippen LogP contribution >= 0.6 is 0 Å². The van der Waals surface area contributed by atoms with Crippen molar-refractivity contribution in [3.05, 3.63) is 65.7 Å². The fourth-order valence-electron chi connectivity index (χ4n) is 3.61. The molecule has 0 saturated carbocycles. The minimum atomic E-state index is -1.13. The summed E-state index contributed by atoms with van der Waals surface area (Å²) in [7, 11) is 0. The van der Waals surface area contributed by atoms with Crippen LogP contribution in [0.25, 0.3) is 0 Å². The van der Waals surface area contributed by atoms with Crippen LogP contribution in [0.3, 0.4) is 0 Å².